The molecular weight excluding hydrogens is 318 g/mol. The van der Waals surface area contributed by atoms with Gasteiger partial charge in [0.25, 0.3) is 10.1 Å². The third kappa shape index (κ3) is 5.46. The van der Waals surface area contributed by atoms with Crippen LogP contribution < -0.4 is 10.3 Å². The Hall–Kier alpha value is -2.26. The highest BCUT2D eigenvalue weighted by molar-refractivity contribution is 7.85. The molecule has 124 valence electrons. The Balaban J connectivity index is 2.02. The minimum atomic E-state index is -3.90. The Morgan fingerprint density at radius 2 is 1.91 bits per heavy atom. The van der Waals surface area contributed by atoms with E-state index in [0.29, 0.717) is 36.7 Å². The fourth-order valence-corrected chi connectivity index (χ4v) is 2.60. The summed E-state index contributed by atoms with van der Waals surface area (Å²) in [5.74, 6) is 0.413. The van der Waals surface area contributed by atoms with Crippen molar-refractivity contribution in [3.63, 3.8) is 0 Å². The molecule has 0 aliphatic carbocycles. The third-order valence-electron chi connectivity index (χ3n) is 3.24. The van der Waals surface area contributed by atoms with Gasteiger partial charge in [-0.1, -0.05) is 5.11 Å². The molecule has 2 aromatic rings. The number of unbranched alkanes of at least 4 members (excludes halogenated alkanes) is 1. The molecule has 0 amide bonds. The van der Waals surface area contributed by atoms with Gasteiger partial charge in [-0.25, -0.2) is 9.13 Å². The van der Waals surface area contributed by atoms with Gasteiger partial charge in [-0.2, -0.15) is 8.42 Å². The quantitative estimate of drug-likeness (QED) is 0.264. The predicted molar refractivity (Wildman–Crippen MR) is 86.3 cm³/mol. The second kappa shape index (κ2) is 7.34. The molecule has 0 atom stereocenters. The van der Waals surface area contributed by atoms with Crippen LogP contribution in [-0.4, -0.2) is 23.3 Å². The molecule has 9 heteroatoms. The number of azo groups is 1. The first-order valence-electron chi connectivity index (χ1n) is 7.12. The number of benzene rings is 1. The summed E-state index contributed by atoms with van der Waals surface area (Å²) in [5, 5.41) is 8.41. The van der Waals surface area contributed by atoms with Crippen LogP contribution in [-0.2, 0) is 23.7 Å². The van der Waals surface area contributed by atoms with Crippen molar-refractivity contribution in [2.24, 2.45) is 17.3 Å². The zero-order valence-corrected chi connectivity index (χ0v) is 13.6. The van der Waals surface area contributed by atoms with Crippen LogP contribution in [0.25, 0.3) is 0 Å². The van der Waals surface area contributed by atoms with Crippen LogP contribution in [0.15, 0.2) is 46.9 Å². The normalized spacial score (nSPS) is 12.1. The van der Waals surface area contributed by atoms with E-state index in [1.54, 1.807) is 24.3 Å². The van der Waals surface area contributed by atoms with Crippen LogP contribution in [0.4, 0.5) is 17.3 Å². The van der Waals surface area contributed by atoms with Gasteiger partial charge < -0.3 is 5.73 Å². The summed E-state index contributed by atoms with van der Waals surface area (Å²) in [4.78, 5) is 0. The van der Waals surface area contributed by atoms with Crippen LogP contribution in [0.3, 0.4) is 0 Å². The van der Waals surface area contributed by atoms with Crippen LogP contribution >= 0.6 is 0 Å². The monoisotopic (exact) mass is 338 g/mol. The van der Waals surface area contributed by atoms with Crippen molar-refractivity contribution in [2.75, 3.05) is 11.5 Å². The molecule has 0 spiro atoms. The number of hydrogen-bond acceptors (Lipinski definition) is 5. The number of nitrogens with two attached hydrogens (primary N) is 1. The Morgan fingerprint density at radius 1 is 1.22 bits per heavy atom. The lowest BCUT2D eigenvalue weighted by molar-refractivity contribution is -0.657. The smallest absolute Gasteiger partial charge is 0.399 e. The molecule has 2 rings (SSSR count). The third-order valence-corrected chi connectivity index (χ3v) is 4.05. The number of imidazole rings is 1. The van der Waals surface area contributed by atoms with Gasteiger partial charge in [0.15, 0.2) is 0 Å². The second-order valence-corrected chi connectivity index (χ2v) is 6.76. The largest absolute Gasteiger partial charge is 0.421 e. The molecule has 0 aliphatic rings. The molecule has 0 unspecified atom stereocenters. The fourth-order valence-electron chi connectivity index (χ4n) is 2.03. The number of anilines is 1. The number of aryl methyl sites for hydroxylation is 2. The SMILES string of the molecule is C[n+]1ccn(CCCCS(=O)(=O)O)c1N=Nc1ccc(N)cc1. The van der Waals surface area contributed by atoms with Crippen molar-refractivity contribution in [3.8, 4) is 0 Å². The predicted octanol–water partition coefficient (Wildman–Crippen LogP) is 1.98. The van der Waals surface area contributed by atoms with Gasteiger partial charge in [-0.15, -0.1) is 0 Å². The van der Waals surface area contributed by atoms with Crippen molar-refractivity contribution in [1.29, 1.82) is 0 Å². The highest BCUT2D eigenvalue weighted by Gasteiger charge is 2.14. The average Bonchev–Trinajstić information content (AvgIpc) is 2.83. The molecule has 0 bridgehead atoms. The minimum Gasteiger partial charge on any atom is -0.399 e. The Labute approximate surface area is 135 Å². The standard InChI is InChI=1S/C14H19N5O3S/c1-18-9-10-19(8-2-3-11-23(20,21)22)14(18)17-16-13-6-4-12(15)5-7-13/h4-7,9-10,15H,2-3,8,11H2,1H3,(H,20,21,22)/p+1. The maximum absolute atomic E-state index is 10.7. The van der Waals surface area contributed by atoms with Crippen molar-refractivity contribution < 1.29 is 17.5 Å². The molecule has 1 aromatic carbocycles. The molecule has 0 fully saturated rings. The first kappa shape index (κ1) is 17.1. The summed E-state index contributed by atoms with van der Waals surface area (Å²) in [5.41, 5.74) is 6.98. The highest BCUT2D eigenvalue weighted by atomic mass is 32.2. The molecule has 3 N–H and O–H groups in total. The number of nitrogen functional groups attached to an aromatic ring is 1. The fraction of sp³-hybridized carbons (Fsp3) is 0.357. The molecule has 1 heterocycles. The second-order valence-electron chi connectivity index (χ2n) is 5.19. The Kier molecular flexibility index (Phi) is 5.45. The molecule has 0 saturated carbocycles. The van der Waals surface area contributed by atoms with Gasteiger partial charge >= 0.3 is 5.95 Å². The highest BCUT2D eigenvalue weighted by Crippen LogP contribution is 2.17. The minimum absolute atomic E-state index is 0.233. The first-order valence-corrected chi connectivity index (χ1v) is 8.73. The van der Waals surface area contributed by atoms with Crippen molar-refractivity contribution in [2.45, 2.75) is 19.4 Å². The number of rotatable bonds is 7. The molecule has 0 aliphatic heterocycles. The Morgan fingerprint density at radius 3 is 2.57 bits per heavy atom. The summed E-state index contributed by atoms with van der Waals surface area (Å²) < 4.78 is 33.8. The Bertz CT molecular complexity index is 781. The molecule has 0 saturated heterocycles. The number of aromatic nitrogens is 2. The van der Waals surface area contributed by atoms with Gasteiger partial charge in [0.1, 0.15) is 5.69 Å². The van der Waals surface area contributed by atoms with Gasteiger partial charge in [-0.05, 0) is 37.1 Å². The lowest BCUT2D eigenvalue weighted by atomic mass is 10.3. The van der Waals surface area contributed by atoms with E-state index in [0.717, 1.165) is 0 Å². The number of hydrogen-bond donors (Lipinski definition) is 2. The van der Waals surface area contributed by atoms with E-state index < -0.39 is 10.1 Å². The molecule has 23 heavy (non-hydrogen) atoms. The summed E-state index contributed by atoms with van der Waals surface area (Å²) in [6, 6.07) is 7.06. The van der Waals surface area contributed by atoms with Gasteiger partial charge in [0.2, 0.25) is 0 Å². The molecule has 8 nitrogen and oxygen atoms in total. The van der Waals surface area contributed by atoms with Gasteiger partial charge in [0, 0.05) is 10.8 Å². The summed E-state index contributed by atoms with van der Waals surface area (Å²) >= 11 is 0. The summed E-state index contributed by atoms with van der Waals surface area (Å²) in [7, 11) is -2.05. The van der Waals surface area contributed by atoms with Crippen LogP contribution in [0, 0.1) is 0 Å². The van der Waals surface area contributed by atoms with Crippen LogP contribution in [0.5, 0.6) is 0 Å². The molecule has 0 radical (unpaired) electrons. The zero-order chi connectivity index (χ0) is 16.9. The molecule has 1 aromatic heterocycles. The zero-order valence-electron chi connectivity index (χ0n) is 12.8. The number of nitrogens with zero attached hydrogens (tertiary/aromatic N) is 4. The lowest BCUT2D eigenvalue weighted by Crippen LogP contribution is -2.25. The van der Waals surface area contributed by atoms with Gasteiger partial charge in [-0.3, -0.25) is 4.55 Å². The maximum Gasteiger partial charge on any atom is 0.421 e. The van der Waals surface area contributed by atoms with Crippen molar-refractivity contribution in [3.05, 3.63) is 36.7 Å². The van der Waals surface area contributed by atoms with Crippen LogP contribution in [0.1, 0.15) is 12.8 Å². The van der Waals surface area contributed by atoms with Gasteiger partial charge in [0.05, 0.1) is 31.7 Å². The van der Waals surface area contributed by atoms with E-state index >= 15 is 0 Å². The van der Waals surface area contributed by atoms with Crippen molar-refractivity contribution in [1.82, 2.24) is 4.57 Å². The van der Waals surface area contributed by atoms with E-state index in [1.165, 1.54) is 0 Å². The van der Waals surface area contributed by atoms with E-state index in [9.17, 15) is 8.42 Å². The van der Waals surface area contributed by atoms with E-state index in [-0.39, 0.29) is 5.75 Å². The topological polar surface area (TPSA) is 114 Å². The average molecular weight is 338 g/mol. The van der Waals surface area contributed by atoms with E-state index in [1.807, 2.05) is 28.6 Å². The van der Waals surface area contributed by atoms with E-state index in [4.69, 9.17) is 10.3 Å². The lowest BCUT2D eigenvalue weighted by Gasteiger charge is -1.99. The maximum atomic E-state index is 10.7. The van der Waals surface area contributed by atoms with Crippen LogP contribution in [0.2, 0.25) is 0 Å². The molecular formula is C14H20N5O3S+. The van der Waals surface area contributed by atoms with E-state index in [2.05, 4.69) is 10.2 Å². The summed E-state index contributed by atoms with van der Waals surface area (Å²) in [6.07, 6.45) is 4.69. The van der Waals surface area contributed by atoms with Crippen molar-refractivity contribution >= 4 is 27.4 Å². The summed E-state index contributed by atoms with van der Waals surface area (Å²) in [6.45, 7) is 0.590. The first-order chi connectivity index (χ1) is 10.8.